The summed E-state index contributed by atoms with van der Waals surface area (Å²) < 4.78 is 0. The molecule has 0 aliphatic rings. The molecule has 4 rings (SSSR count). The minimum absolute atomic E-state index is 0.446. The molecule has 0 aliphatic carbocycles. The second kappa shape index (κ2) is 8.33. The lowest BCUT2D eigenvalue weighted by Gasteiger charge is -2.06. The number of nitrogens with one attached hydrogen (secondary N) is 2. The third-order valence-electron chi connectivity index (χ3n) is 4.53. The van der Waals surface area contributed by atoms with Crippen molar-refractivity contribution in [2.75, 3.05) is 0 Å². The van der Waals surface area contributed by atoms with E-state index >= 15 is 0 Å². The molecule has 0 aliphatic heterocycles. The summed E-state index contributed by atoms with van der Waals surface area (Å²) in [6.45, 7) is 1.56. The van der Waals surface area contributed by atoms with Crippen LogP contribution in [0.15, 0.2) is 88.7 Å². The number of carbonyl (C=O) groups excluding carboxylic acids is 1. The zero-order chi connectivity index (χ0) is 19.3. The summed E-state index contributed by atoms with van der Waals surface area (Å²) in [6.07, 6.45) is 0. The fourth-order valence-electron chi connectivity index (χ4n) is 3.16. The van der Waals surface area contributed by atoms with Crippen molar-refractivity contribution >= 4 is 28.6 Å². The van der Waals surface area contributed by atoms with E-state index in [1.54, 1.807) is 11.8 Å². The Bertz CT molecular complexity index is 1090. The standard InChI is InChI=1S/C23H21N3OS/c24-23(27)21-22(28-18-9-5-2-6-10-18)19-12-11-17(13-20(19)26-21)15-25-14-16-7-3-1-4-8-16/h1-13,25-26H,14-15H2,(H2,24,27). The molecule has 4 aromatic rings. The average molecular weight is 388 g/mol. The summed E-state index contributed by atoms with van der Waals surface area (Å²) in [5, 5.41) is 4.46. The van der Waals surface area contributed by atoms with Gasteiger partial charge in [0.25, 0.3) is 5.91 Å². The molecule has 1 aromatic heterocycles. The third kappa shape index (κ3) is 4.11. The first-order valence-electron chi connectivity index (χ1n) is 9.12. The zero-order valence-electron chi connectivity index (χ0n) is 15.3. The minimum atomic E-state index is -0.446. The SMILES string of the molecule is NC(=O)c1[nH]c2cc(CNCc3ccccc3)ccc2c1Sc1ccccc1. The maximum absolute atomic E-state index is 12.0. The van der Waals surface area contributed by atoms with Crippen molar-refractivity contribution in [2.24, 2.45) is 5.73 Å². The molecule has 0 fully saturated rings. The molecule has 0 atom stereocenters. The highest BCUT2D eigenvalue weighted by Gasteiger charge is 2.17. The summed E-state index contributed by atoms with van der Waals surface area (Å²) >= 11 is 1.55. The number of primary amides is 1. The van der Waals surface area contributed by atoms with E-state index in [4.69, 9.17) is 5.73 Å². The predicted molar refractivity (Wildman–Crippen MR) is 114 cm³/mol. The summed E-state index contributed by atoms with van der Waals surface area (Å²) in [7, 11) is 0. The molecule has 28 heavy (non-hydrogen) atoms. The van der Waals surface area contributed by atoms with E-state index in [9.17, 15) is 4.79 Å². The molecule has 4 nitrogen and oxygen atoms in total. The van der Waals surface area contributed by atoms with Crippen molar-refractivity contribution in [1.29, 1.82) is 0 Å². The second-order valence-corrected chi connectivity index (χ2v) is 7.66. The third-order valence-corrected chi connectivity index (χ3v) is 5.66. The van der Waals surface area contributed by atoms with E-state index < -0.39 is 5.91 Å². The molecule has 0 radical (unpaired) electrons. The van der Waals surface area contributed by atoms with Gasteiger partial charge in [0.05, 0.1) is 4.90 Å². The maximum atomic E-state index is 12.0. The first-order chi connectivity index (χ1) is 13.7. The van der Waals surface area contributed by atoms with Gasteiger partial charge in [0.15, 0.2) is 0 Å². The minimum Gasteiger partial charge on any atom is -0.364 e. The van der Waals surface area contributed by atoms with E-state index in [1.165, 1.54) is 5.56 Å². The molecule has 0 saturated heterocycles. The van der Waals surface area contributed by atoms with Crippen molar-refractivity contribution in [1.82, 2.24) is 10.3 Å². The Morgan fingerprint density at radius 1 is 0.893 bits per heavy atom. The summed E-state index contributed by atoms with van der Waals surface area (Å²) in [6, 6.07) is 26.5. The number of hydrogen-bond acceptors (Lipinski definition) is 3. The summed E-state index contributed by atoms with van der Waals surface area (Å²) in [5.74, 6) is -0.446. The lowest BCUT2D eigenvalue weighted by Crippen LogP contribution is -2.12. The Kier molecular flexibility index (Phi) is 5.46. The van der Waals surface area contributed by atoms with Gasteiger partial charge in [0.1, 0.15) is 5.69 Å². The van der Waals surface area contributed by atoms with Gasteiger partial charge >= 0.3 is 0 Å². The first-order valence-corrected chi connectivity index (χ1v) is 9.94. The first kappa shape index (κ1) is 18.3. The molecule has 5 heteroatoms. The number of nitrogens with two attached hydrogens (primary N) is 1. The van der Waals surface area contributed by atoms with Crippen LogP contribution in [0.25, 0.3) is 10.9 Å². The number of carbonyl (C=O) groups is 1. The smallest absolute Gasteiger partial charge is 0.266 e. The Morgan fingerprint density at radius 3 is 2.29 bits per heavy atom. The van der Waals surface area contributed by atoms with Crippen LogP contribution >= 0.6 is 11.8 Å². The summed E-state index contributed by atoms with van der Waals surface area (Å²) in [5.41, 5.74) is 9.40. The quantitative estimate of drug-likeness (QED) is 0.430. The van der Waals surface area contributed by atoms with Crippen molar-refractivity contribution in [3.8, 4) is 0 Å². The van der Waals surface area contributed by atoms with Crippen molar-refractivity contribution in [2.45, 2.75) is 22.9 Å². The Hall–Kier alpha value is -3.02. The van der Waals surface area contributed by atoms with Crippen molar-refractivity contribution in [3.05, 3.63) is 95.7 Å². The van der Waals surface area contributed by atoms with E-state index in [-0.39, 0.29) is 0 Å². The lowest BCUT2D eigenvalue weighted by atomic mass is 10.1. The van der Waals surface area contributed by atoms with E-state index in [0.29, 0.717) is 5.69 Å². The Morgan fingerprint density at radius 2 is 1.57 bits per heavy atom. The molecule has 1 heterocycles. The normalized spacial score (nSPS) is 11.0. The fourth-order valence-corrected chi connectivity index (χ4v) is 4.23. The van der Waals surface area contributed by atoms with Gasteiger partial charge in [0, 0.05) is 28.9 Å². The van der Waals surface area contributed by atoms with Gasteiger partial charge in [0.2, 0.25) is 0 Å². The monoisotopic (exact) mass is 387 g/mol. The van der Waals surface area contributed by atoms with Crippen LogP contribution in [0.3, 0.4) is 0 Å². The van der Waals surface area contributed by atoms with Gasteiger partial charge in [-0.3, -0.25) is 4.79 Å². The topological polar surface area (TPSA) is 70.9 Å². The molecule has 0 saturated carbocycles. The largest absolute Gasteiger partial charge is 0.364 e. The zero-order valence-corrected chi connectivity index (χ0v) is 16.1. The highest BCUT2D eigenvalue weighted by molar-refractivity contribution is 7.99. The molecule has 0 unspecified atom stereocenters. The number of hydrogen-bond donors (Lipinski definition) is 3. The molecular formula is C23H21N3OS. The molecule has 4 N–H and O–H groups in total. The number of fused-ring (bicyclic) bond motifs is 1. The summed E-state index contributed by atoms with van der Waals surface area (Å²) in [4.78, 5) is 17.1. The van der Waals surface area contributed by atoms with Gasteiger partial charge in [-0.2, -0.15) is 0 Å². The van der Waals surface area contributed by atoms with Crippen LogP contribution in [-0.2, 0) is 13.1 Å². The van der Waals surface area contributed by atoms with Gasteiger partial charge in [-0.05, 0) is 29.3 Å². The number of amides is 1. The maximum Gasteiger partial charge on any atom is 0.266 e. The van der Waals surface area contributed by atoms with E-state index in [0.717, 1.165) is 39.3 Å². The molecular weight excluding hydrogens is 366 g/mol. The van der Waals surface area contributed by atoms with Crippen LogP contribution in [0.4, 0.5) is 0 Å². The second-order valence-electron chi connectivity index (χ2n) is 6.58. The van der Waals surface area contributed by atoms with Gasteiger partial charge in [-0.1, -0.05) is 72.4 Å². The van der Waals surface area contributed by atoms with Crippen LogP contribution in [0, 0.1) is 0 Å². The lowest BCUT2D eigenvalue weighted by molar-refractivity contribution is 0.0993. The van der Waals surface area contributed by atoms with Gasteiger partial charge < -0.3 is 16.0 Å². The number of aromatic amines is 1. The van der Waals surface area contributed by atoms with Gasteiger partial charge in [-0.25, -0.2) is 0 Å². The molecule has 140 valence electrons. The highest BCUT2D eigenvalue weighted by atomic mass is 32.2. The Labute approximate surface area is 168 Å². The molecule has 3 aromatic carbocycles. The van der Waals surface area contributed by atoms with Crippen molar-refractivity contribution < 1.29 is 4.79 Å². The average Bonchev–Trinajstić information content (AvgIpc) is 3.08. The Balaban J connectivity index is 1.56. The highest BCUT2D eigenvalue weighted by Crippen LogP contribution is 2.36. The fraction of sp³-hybridized carbons (Fsp3) is 0.0870. The van der Waals surface area contributed by atoms with Crippen molar-refractivity contribution in [3.63, 3.8) is 0 Å². The van der Waals surface area contributed by atoms with Gasteiger partial charge in [-0.15, -0.1) is 0 Å². The number of rotatable bonds is 7. The number of H-pyrrole nitrogens is 1. The molecule has 1 amide bonds. The van der Waals surface area contributed by atoms with Crippen LogP contribution < -0.4 is 11.1 Å². The van der Waals surface area contributed by atoms with Crippen LogP contribution in [0.5, 0.6) is 0 Å². The molecule has 0 bridgehead atoms. The predicted octanol–water partition coefficient (Wildman–Crippen LogP) is 4.71. The molecule has 0 spiro atoms. The van der Waals surface area contributed by atoms with E-state index in [2.05, 4.69) is 40.6 Å². The van der Waals surface area contributed by atoms with E-state index in [1.807, 2.05) is 48.5 Å². The van der Waals surface area contributed by atoms with Crippen LogP contribution in [0.1, 0.15) is 21.6 Å². The van der Waals surface area contributed by atoms with Crippen LogP contribution in [0.2, 0.25) is 0 Å². The van der Waals surface area contributed by atoms with Crippen LogP contribution in [-0.4, -0.2) is 10.9 Å². The number of aromatic nitrogens is 1. The number of benzene rings is 3.